The Morgan fingerprint density at radius 2 is 1.96 bits per heavy atom. The molecule has 1 aromatic carbocycles. The van der Waals surface area contributed by atoms with Crippen molar-refractivity contribution < 1.29 is 14.3 Å². The Morgan fingerprint density at radius 3 is 2.54 bits per heavy atom. The van der Waals surface area contributed by atoms with Crippen molar-refractivity contribution >= 4 is 11.8 Å². The molecule has 2 atom stereocenters. The molecule has 0 aromatic heterocycles. The highest BCUT2D eigenvalue weighted by atomic mass is 16.5. The number of aryl methyl sites for hydroxylation is 1. The fourth-order valence-electron chi connectivity index (χ4n) is 2.91. The quantitative estimate of drug-likeness (QED) is 0.851. The van der Waals surface area contributed by atoms with Crippen LogP contribution < -0.4 is 4.74 Å². The van der Waals surface area contributed by atoms with Crippen molar-refractivity contribution in [1.29, 1.82) is 0 Å². The summed E-state index contributed by atoms with van der Waals surface area (Å²) in [5.41, 5.74) is 2.18. The van der Waals surface area contributed by atoms with E-state index in [0.717, 1.165) is 16.9 Å². The van der Waals surface area contributed by atoms with Crippen LogP contribution in [0.2, 0.25) is 0 Å². The van der Waals surface area contributed by atoms with Crippen LogP contribution in [0.3, 0.4) is 0 Å². The number of hydrogen-bond donors (Lipinski definition) is 0. The zero-order valence-corrected chi connectivity index (χ0v) is 15.5. The SMILES string of the molecule is Cc1ccc(C(C)C)c(O[C@@H](C)C(=O)N2CC(=O)N(C)[C@H](C)C2)c1. The van der Waals surface area contributed by atoms with Crippen molar-refractivity contribution in [3.8, 4) is 5.75 Å². The topological polar surface area (TPSA) is 49.9 Å². The smallest absolute Gasteiger partial charge is 0.263 e. The Hall–Kier alpha value is -2.04. The van der Waals surface area contributed by atoms with Gasteiger partial charge in [0.15, 0.2) is 6.10 Å². The van der Waals surface area contributed by atoms with Crippen molar-refractivity contribution in [3.63, 3.8) is 0 Å². The van der Waals surface area contributed by atoms with E-state index in [4.69, 9.17) is 4.74 Å². The van der Waals surface area contributed by atoms with E-state index in [9.17, 15) is 9.59 Å². The Kier molecular flexibility index (Phi) is 5.52. The summed E-state index contributed by atoms with van der Waals surface area (Å²) in [6.45, 7) is 10.6. The maximum Gasteiger partial charge on any atom is 0.263 e. The van der Waals surface area contributed by atoms with Crippen molar-refractivity contribution in [1.82, 2.24) is 9.80 Å². The molecular weight excluding hydrogens is 304 g/mol. The van der Waals surface area contributed by atoms with Gasteiger partial charge < -0.3 is 14.5 Å². The summed E-state index contributed by atoms with van der Waals surface area (Å²) in [4.78, 5) is 28.0. The van der Waals surface area contributed by atoms with Gasteiger partial charge in [0.05, 0.1) is 6.54 Å². The lowest BCUT2D eigenvalue weighted by Crippen LogP contribution is -2.57. The van der Waals surface area contributed by atoms with E-state index < -0.39 is 6.10 Å². The van der Waals surface area contributed by atoms with Gasteiger partial charge in [-0.1, -0.05) is 26.0 Å². The molecule has 0 bridgehead atoms. The molecule has 2 amide bonds. The molecule has 5 heteroatoms. The number of piperazine rings is 1. The fraction of sp³-hybridized carbons (Fsp3) is 0.579. The van der Waals surface area contributed by atoms with Crippen LogP contribution in [0.1, 0.15) is 44.7 Å². The number of nitrogens with zero attached hydrogens (tertiary/aromatic N) is 2. The van der Waals surface area contributed by atoms with Gasteiger partial charge in [-0.3, -0.25) is 9.59 Å². The summed E-state index contributed by atoms with van der Waals surface area (Å²) in [5.74, 6) is 0.889. The number of ether oxygens (including phenoxy) is 1. The lowest BCUT2D eigenvalue weighted by atomic mass is 10.0. The maximum atomic E-state index is 12.7. The third kappa shape index (κ3) is 3.89. The highest BCUT2D eigenvalue weighted by Crippen LogP contribution is 2.28. The molecule has 1 aliphatic rings. The van der Waals surface area contributed by atoms with Crippen LogP contribution in [0.25, 0.3) is 0 Å². The van der Waals surface area contributed by atoms with Gasteiger partial charge in [-0.15, -0.1) is 0 Å². The van der Waals surface area contributed by atoms with Crippen LogP contribution >= 0.6 is 0 Å². The second-order valence-corrected chi connectivity index (χ2v) is 7.03. The summed E-state index contributed by atoms with van der Waals surface area (Å²) in [5, 5.41) is 0. The largest absolute Gasteiger partial charge is 0.481 e. The fourth-order valence-corrected chi connectivity index (χ4v) is 2.91. The minimum atomic E-state index is -0.618. The minimum Gasteiger partial charge on any atom is -0.481 e. The van der Waals surface area contributed by atoms with Crippen LogP contribution in [-0.4, -0.2) is 53.9 Å². The van der Waals surface area contributed by atoms with E-state index in [-0.39, 0.29) is 24.4 Å². The standard InChI is InChI=1S/C19H28N2O3/c1-12(2)16-8-7-13(3)9-17(16)24-15(5)19(23)21-10-14(4)20(6)18(22)11-21/h7-9,12,14-15H,10-11H2,1-6H3/t14-,15+/m1/s1. The second kappa shape index (κ2) is 7.24. The molecule has 1 aromatic rings. The molecule has 1 aliphatic heterocycles. The lowest BCUT2D eigenvalue weighted by Gasteiger charge is -2.38. The first kappa shape index (κ1) is 18.3. The summed E-state index contributed by atoms with van der Waals surface area (Å²) in [7, 11) is 1.77. The molecule has 0 unspecified atom stereocenters. The summed E-state index contributed by atoms with van der Waals surface area (Å²) < 4.78 is 5.98. The highest BCUT2D eigenvalue weighted by Gasteiger charge is 2.32. The summed E-state index contributed by atoms with van der Waals surface area (Å²) >= 11 is 0. The van der Waals surface area contributed by atoms with Gasteiger partial charge in [0.1, 0.15) is 5.75 Å². The molecular formula is C19H28N2O3. The number of hydrogen-bond acceptors (Lipinski definition) is 3. The molecule has 24 heavy (non-hydrogen) atoms. The van der Waals surface area contributed by atoms with E-state index in [0.29, 0.717) is 12.5 Å². The molecule has 0 saturated carbocycles. The number of carbonyl (C=O) groups is 2. The van der Waals surface area contributed by atoms with E-state index in [2.05, 4.69) is 19.9 Å². The van der Waals surface area contributed by atoms with Gasteiger partial charge in [0.25, 0.3) is 5.91 Å². The third-order valence-corrected chi connectivity index (χ3v) is 4.62. The molecule has 0 radical (unpaired) electrons. The van der Waals surface area contributed by atoms with E-state index in [1.807, 2.05) is 26.0 Å². The number of carbonyl (C=O) groups excluding carboxylic acids is 2. The van der Waals surface area contributed by atoms with Gasteiger partial charge in [0, 0.05) is 19.6 Å². The van der Waals surface area contributed by atoms with Crippen molar-refractivity contribution in [2.45, 2.75) is 52.7 Å². The first-order valence-corrected chi connectivity index (χ1v) is 8.52. The third-order valence-electron chi connectivity index (χ3n) is 4.62. The van der Waals surface area contributed by atoms with E-state index >= 15 is 0 Å². The normalized spacial score (nSPS) is 19.6. The van der Waals surface area contributed by atoms with E-state index in [1.54, 1.807) is 23.8 Å². The molecule has 132 valence electrons. The van der Waals surface area contributed by atoms with Crippen LogP contribution in [0.4, 0.5) is 0 Å². The van der Waals surface area contributed by atoms with Gasteiger partial charge in [-0.2, -0.15) is 0 Å². The van der Waals surface area contributed by atoms with Crippen LogP contribution in [-0.2, 0) is 9.59 Å². The molecule has 1 saturated heterocycles. The zero-order valence-electron chi connectivity index (χ0n) is 15.5. The molecule has 0 aliphatic carbocycles. The van der Waals surface area contributed by atoms with Gasteiger partial charge >= 0.3 is 0 Å². The second-order valence-electron chi connectivity index (χ2n) is 7.03. The summed E-state index contributed by atoms with van der Waals surface area (Å²) in [6.07, 6.45) is -0.618. The number of likely N-dealkylation sites (N-methyl/N-ethyl adjacent to an activating group) is 1. The van der Waals surface area contributed by atoms with Crippen LogP contribution in [0, 0.1) is 6.92 Å². The van der Waals surface area contributed by atoms with Crippen LogP contribution in [0.5, 0.6) is 5.75 Å². The predicted molar refractivity (Wildman–Crippen MR) is 94.2 cm³/mol. The lowest BCUT2D eigenvalue weighted by molar-refractivity contribution is -0.150. The first-order valence-electron chi connectivity index (χ1n) is 8.52. The number of benzene rings is 1. The van der Waals surface area contributed by atoms with Gasteiger partial charge in [0.2, 0.25) is 5.91 Å². The van der Waals surface area contributed by atoms with Crippen molar-refractivity contribution in [2.75, 3.05) is 20.1 Å². The maximum absolute atomic E-state index is 12.7. The molecule has 1 fully saturated rings. The summed E-state index contributed by atoms with van der Waals surface area (Å²) in [6, 6.07) is 6.09. The van der Waals surface area contributed by atoms with E-state index in [1.165, 1.54) is 0 Å². The average molecular weight is 332 g/mol. The molecule has 1 heterocycles. The monoisotopic (exact) mass is 332 g/mol. The molecule has 2 rings (SSSR count). The Morgan fingerprint density at radius 1 is 1.29 bits per heavy atom. The number of amides is 2. The predicted octanol–water partition coefficient (Wildman–Crippen LogP) is 2.57. The molecule has 0 N–H and O–H groups in total. The molecule has 0 spiro atoms. The average Bonchev–Trinajstić information content (AvgIpc) is 2.51. The van der Waals surface area contributed by atoms with Crippen molar-refractivity contribution in [2.24, 2.45) is 0 Å². The Labute approximate surface area is 144 Å². The zero-order chi connectivity index (χ0) is 18.0. The molecule has 5 nitrogen and oxygen atoms in total. The first-order chi connectivity index (χ1) is 11.2. The van der Waals surface area contributed by atoms with Gasteiger partial charge in [-0.05, 0) is 43.9 Å². The van der Waals surface area contributed by atoms with Gasteiger partial charge in [-0.25, -0.2) is 0 Å². The van der Waals surface area contributed by atoms with Crippen LogP contribution in [0.15, 0.2) is 18.2 Å². The number of rotatable bonds is 4. The Bertz CT molecular complexity index is 627. The van der Waals surface area contributed by atoms with Crippen molar-refractivity contribution in [3.05, 3.63) is 29.3 Å². The minimum absolute atomic E-state index is 0.0209. The Balaban J connectivity index is 2.12. The highest BCUT2D eigenvalue weighted by molar-refractivity contribution is 5.88.